The first-order valence-electron chi connectivity index (χ1n) is 7.18. The molecule has 1 saturated carbocycles. The molecule has 0 heterocycles. The summed E-state index contributed by atoms with van der Waals surface area (Å²) in [5, 5.41) is 0. The molecule has 0 spiro atoms. The third kappa shape index (κ3) is 5.31. The van der Waals surface area contributed by atoms with E-state index in [2.05, 4.69) is 18.7 Å². The predicted octanol–water partition coefficient (Wildman–Crippen LogP) is 3.02. The molecule has 0 bridgehead atoms. The summed E-state index contributed by atoms with van der Waals surface area (Å²) in [6.07, 6.45) is 9.80. The summed E-state index contributed by atoms with van der Waals surface area (Å²) in [5.41, 5.74) is 5.73. The van der Waals surface area contributed by atoms with Gasteiger partial charge in [-0.2, -0.15) is 0 Å². The summed E-state index contributed by atoms with van der Waals surface area (Å²) < 4.78 is 0. The van der Waals surface area contributed by atoms with Gasteiger partial charge in [0.25, 0.3) is 0 Å². The van der Waals surface area contributed by atoms with Crippen molar-refractivity contribution in [2.45, 2.75) is 64.8 Å². The smallest absolute Gasteiger partial charge is 0.0108 e. The van der Waals surface area contributed by atoms with E-state index in [-0.39, 0.29) is 0 Å². The van der Waals surface area contributed by atoms with Crippen LogP contribution in [0.5, 0.6) is 0 Å². The zero-order valence-electron chi connectivity index (χ0n) is 11.3. The van der Waals surface area contributed by atoms with Crippen molar-refractivity contribution in [1.82, 2.24) is 4.90 Å². The number of nitrogens with zero attached hydrogens (tertiary/aromatic N) is 1. The zero-order chi connectivity index (χ0) is 11.8. The molecule has 0 aromatic heterocycles. The van der Waals surface area contributed by atoms with Crippen LogP contribution in [0.4, 0.5) is 0 Å². The fourth-order valence-corrected chi connectivity index (χ4v) is 2.79. The highest BCUT2D eigenvalue weighted by molar-refractivity contribution is 4.76. The van der Waals surface area contributed by atoms with E-state index in [4.69, 9.17) is 5.73 Å². The van der Waals surface area contributed by atoms with Crippen LogP contribution in [0.25, 0.3) is 0 Å². The average Bonchev–Trinajstić information content (AvgIpc) is 2.29. The molecule has 2 nitrogen and oxygen atoms in total. The van der Waals surface area contributed by atoms with E-state index in [0.717, 1.165) is 25.0 Å². The van der Waals surface area contributed by atoms with Crippen LogP contribution in [-0.2, 0) is 0 Å². The molecule has 1 aliphatic rings. The minimum Gasteiger partial charge on any atom is -0.329 e. The summed E-state index contributed by atoms with van der Waals surface area (Å²) in [5.74, 6) is 0.839. The highest BCUT2D eigenvalue weighted by Crippen LogP contribution is 2.22. The van der Waals surface area contributed by atoms with Crippen LogP contribution in [0, 0.1) is 5.92 Å². The molecule has 0 radical (unpaired) electrons. The Morgan fingerprint density at radius 3 is 2.38 bits per heavy atom. The lowest BCUT2D eigenvalue weighted by molar-refractivity contribution is 0.155. The SMILES string of the molecule is CC(C)CCCN(CCN)C1CCCCC1. The second-order valence-electron chi connectivity index (χ2n) is 5.65. The molecule has 0 aliphatic heterocycles. The van der Waals surface area contributed by atoms with E-state index in [1.54, 1.807) is 0 Å². The van der Waals surface area contributed by atoms with Gasteiger partial charge in [0.15, 0.2) is 0 Å². The fraction of sp³-hybridized carbons (Fsp3) is 1.00. The minimum atomic E-state index is 0.818. The lowest BCUT2D eigenvalue weighted by Gasteiger charge is -2.34. The van der Waals surface area contributed by atoms with Gasteiger partial charge in [0.1, 0.15) is 0 Å². The lowest BCUT2D eigenvalue weighted by Crippen LogP contribution is -2.40. The molecule has 0 unspecified atom stereocenters. The van der Waals surface area contributed by atoms with E-state index in [1.165, 1.54) is 51.5 Å². The first kappa shape index (κ1) is 14.0. The zero-order valence-corrected chi connectivity index (χ0v) is 11.3. The molecule has 0 aromatic carbocycles. The third-order valence-corrected chi connectivity index (χ3v) is 3.73. The normalized spacial score (nSPS) is 18.6. The fourth-order valence-electron chi connectivity index (χ4n) is 2.79. The molecular formula is C14H30N2. The topological polar surface area (TPSA) is 29.3 Å². The molecule has 0 amide bonds. The van der Waals surface area contributed by atoms with Gasteiger partial charge in [-0.05, 0) is 38.1 Å². The maximum absolute atomic E-state index is 5.73. The highest BCUT2D eigenvalue weighted by atomic mass is 15.2. The second-order valence-corrected chi connectivity index (χ2v) is 5.65. The first-order chi connectivity index (χ1) is 7.74. The van der Waals surface area contributed by atoms with Crippen molar-refractivity contribution in [3.63, 3.8) is 0 Å². The molecule has 0 aromatic rings. The van der Waals surface area contributed by atoms with Crippen molar-refractivity contribution in [1.29, 1.82) is 0 Å². The van der Waals surface area contributed by atoms with Crippen LogP contribution in [0.3, 0.4) is 0 Å². The molecule has 2 N–H and O–H groups in total. The molecule has 0 atom stereocenters. The Bertz CT molecular complexity index is 162. The Labute approximate surface area is 102 Å². The lowest BCUT2D eigenvalue weighted by atomic mass is 9.94. The summed E-state index contributed by atoms with van der Waals surface area (Å²) in [7, 11) is 0. The predicted molar refractivity (Wildman–Crippen MR) is 71.6 cm³/mol. The van der Waals surface area contributed by atoms with E-state index in [0.29, 0.717) is 0 Å². The van der Waals surface area contributed by atoms with Crippen LogP contribution in [-0.4, -0.2) is 30.6 Å². The highest BCUT2D eigenvalue weighted by Gasteiger charge is 2.19. The Kier molecular flexibility index (Phi) is 7.06. The Morgan fingerprint density at radius 1 is 1.12 bits per heavy atom. The molecular weight excluding hydrogens is 196 g/mol. The number of hydrogen-bond acceptors (Lipinski definition) is 2. The minimum absolute atomic E-state index is 0.818. The van der Waals surface area contributed by atoms with Gasteiger partial charge in [0.2, 0.25) is 0 Å². The van der Waals surface area contributed by atoms with E-state index in [1.807, 2.05) is 0 Å². The van der Waals surface area contributed by atoms with Gasteiger partial charge < -0.3 is 5.73 Å². The van der Waals surface area contributed by atoms with Crippen molar-refractivity contribution >= 4 is 0 Å². The summed E-state index contributed by atoms with van der Waals surface area (Å²) >= 11 is 0. The quantitative estimate of drug-likeness (QED) is 0.723. The summed E-state index contributed by atoms with van der Waals surface area (Å²) in [6, 6.07) is 0.837. The first-order valence-corrected chi connectivity index (χ1v) is 7.18. The molecule has 16 heavy (non-hydrogen) atoms. The second kappa shape index (κ2) is 8.08. The van der Waals surface area contributed by atoms with Gasteiger partial charge >= 0.3 is 0 Å². The van der Waals surface area contributed by atoms with E-state index >= 15 is 0 Å². The third-order valence-electron chi connectivity index (χ3n) is 3.73. The van der Waals surface area contributed by atoms with Crippen LogP contribution in [0.15, 0.2) is 0 Å². The summed E-state index contributed by atoms with van der Waals surface area (Å²) in [6.45, 7) is 7.81. The molecule has 96 valence electrons. The van der Waals surface area contributed by atoms with Gasteiger partial charge in [0.05, 0.1) is 0 Å². The van der Waals surface area contributed by atoms with Crippen molar-refractivity contribution in [2.75, 3.05) is 19.6 Å². The van der Waals surface area contributed by atoms with Crippen LogP contribution in [0.1, 0.15) is 58.8 Å². The van der Waals surface area contributed by atoms with Crippen molar-refractivity contribution < 1.29 is 0 Å². The van der Waals surface area contributed by atoms with Crippen LogP contribution < -0.4 is 5.73 Å². The van der Waals surface area contributed by atoms with Crippen molar-refractivity contribution in [3.05, 3.63) is 0 Å². The molecule has 0 saturated heterocycles. The Hall–Kier alpha value is -0.0800. The standard InChI is InChI=1S/C14H30N2/c1-13(2)7-6-11-16(12-10-15)14-8-4-3-5-9-14/h13-14H,3-12,15H2,1-2H3. The van der Waals surface area contributed by atoms with Crippen LogP contribution in [0.2, 0.25) is 0 Å². The van der Waals surface area contributed by atoms with Crippen molar-refractivity contribution in [3.8, 4) is 0 Å². The van der Waals surface area contributed by atoms with Gasteiger partial charge in [0, 0.05) is 19.1 Å². The molecule has 1 aliphatic carbocycles. The van der Waals surface area contributed by atoms with Gasteiger partial charge in [-0.25, -0.2) is 0 Å². The largest absolute Gasteiger partial charge is 0.329 e. The molecule has 2 heteroatoms. The number of hydrogen-bond donors (Lipinski definition) is 1. The average molecular weight is 226 g/mol. The maximum atomic E-state index is 5.73. The van der Waals surface area contributed by atoms with Gasteiger partial charge in [-0.3, -0.25) is 4.90 Å². The van der Waals surface area contributed by atoms with Gasteiger partial charge in [-0.1, -0.05) is 33.1 Å². The summed E-state index contributed by atoms with van der Waals surface area (Å²) in [4.78, 5) is 2.65. The van der Waals surface area contributed by atoms with Crippen LogP contribution >= 0.6 is 0 Å². The molecule has 1 fully saturated rings. The van der Waals surface area contributed by atoms with Crippen molar-refractivity contribution in [2.24, 2.45) is 11.7 Å². The molecule has 1 rings (SSSR count). The Balaban J connectivity index is 2.27. The van der Waals surface area contributed by atoms with E-state index < -0.39 is 0 Å². The maximum Gasteiger partial charge on any atom is 0.0108 e. The number of rotatable bonds is 7. The Morgan fingerprint density at radius 2 is 1.81 bits per heavy atom. The monoisotopic (exact) mass is 226 g/mol. The number of nitrogens with two attached hydrogens (primary N) is 1. The van der Waals surface area contributed by atoms with E-state index in [9.17, 15) is 0 Å². The van der Waals surface area contributed by atoms with Gasteiger partial charge in [-0.15, -0.1) is 0 Å².